The van der Waals surface area contributed by atoms with E-state index in [1.165, 1.54) is 22.3 Å². The standard InChI is InChI=1S/C51H35N3/c1-4-18-36(19-5-1)37-32-34-40(35-33-37)49-52-50(47-30-16-11-25-42(47)39-22-8-3-9-23-39)54-51(53-49)48-31-17-15-29-46(48)45-28-14-13-27-44(45)43-26-12-10-24-41(43)38-20-6-2-7-21-38/h1-35H. The Hall–Kier alpha value is -7.23. The van der Waals surface area contributed by atoms with E-state index in [2.05, 4.69) is 194 Å². The molecule has 0 N–H and O–H groups in total. The van der Waals surface area contributed by atoms with Gasteiger partial charge >= 0.3 is 0 Å². The molecule has 0 fully saturated rings. The minimum atomic E-state index is 0.617. The monoisotopic (exact) mass is 689 g/mol. The maximum absolute atomic E-state index is 5.28. The van der Waals surface area contributed by atoms with Crippen LogP contribution < -0.4 is 0 Å². The molecule has 9 aromatic rings. The molecule has 0 aliphatic heterocycles. The van der Waals surface area contributed by atoms with Crippen molar-refractivity contribution in [2.45, 2.75) is 0 Å². The van der Waals surface area contributed by atoms with Crippen molar-refractivity contribution in [1.29, 1.82) is 0 Å². The molecule has 8 aromatic carbocycles. The molecule has 0 unspecified atom stereocenters. The molecule has 0 radical (unpaired) electrons. The van der Waals surface area contributed by atoms with E-state index in [1.54, 1.807) is 0 Å². The molecule has 3 heteroatoms. The molecule has 0 bridgehead atoms. The summed E-state index contributed by atoms with van der Waals surface area (Å²) in [7, 11) is 0. The molecule has 1 aromatic heterocycles. The Balaban J connectivity index is 1.23. The second-order valence-electron chi connectivity index (χ2n) is 13.2. The third-order valence-corrected chi connectivity index (χ3v) is 9.83. The first-order chi connectivity index (χ1) is 26.8. The number of nitrogens with zero attached hydrogens (tertiary/aromatic N) is 3. The molecule has 0 spiro atoms. The van der Waals surface area contributed by atoms with Gasteiger partial charge in [0.15, 0.2) is 17.5 Å². The molecule has 0 aliphatic carbocycles. The Kier molecular flexibility index (Phi) is 8.94. The fraction of sp³-hybridized carbons (Fsp3) is 0. The Labute approximate surface area is 316 Å². The van der Waals surface area contributed by atoms with Crippen LogP contribution in [0.5, 0.6) is 0 Å². The molecule has 0 saturated heterocycles. The van der Waals surface area contributed by atoms with Crippen LogP contribution in [0.4, 0.5) is 0 Å². The van der Waals surface area contributed by atoms with Gasteiger partial charge in [0.1, 0.15) is 0 Å². The minimum absolute atomic E-state index is 0.617. The predicted octanol–water partition coefficient (Wildman–Crippen LogP) is 13.2. The topological polar surface area (TPSA) is 38.7 Å². The van der Waals surface area contributed by atoms with Gasteiger partial charge in [0.25, 0.3) is 0 Å². The van der Waals surface area contributed by atoms with Crippen LogP contribution in [0.3, 0.4) is 0 Å². The average molecular weight is 690 g/mol. The van der Waals surface area contributed by atoms with E-state index in [0.717, 1.165) is 50.1 Å². The van der Waals surface area contributed by atoms with Crippen LogP contribution in [0.2, 0.25) is 0 Å². The fourth-order valence-electron chi connectivity index (χ4n) is 7.19. The van der Waals surface area contributed by atoms with E-state index in [-0.39, 0.29) is 0 Å². The Bertz CT molecular complexity index is 2690. The third kappa shape index (κ3) is 6.51. The predicted molar refractivity (Wildman–Crippen MR) is 223 cm³/mol. The summed E-state index contributed by atoms with van der Waals surface area (Å²) in [5.74, 6) is 1.86. The number of hydrogen-bond donors (Lipinski definition) is 0. The summed E-state index contributed by atoms with van der Waals surface area (Å²) in [5, 5.41) is 0. The summed E-state index contributed by atoms with van der Waals surface area (Å²) in [4.78, 5) is 15.7. The summed E-state index contributed by atoms with van der Waals surface area (Å²) >= 11 is 0. The number of rotatable bonds is 8. The van der Waals surface area contributed by atoms with Gasteiger partial charge in [-0.1, -0.05) is 212 Å². The van der Waals surface area contributed by atoms with Gasteiger partial charge in [-0.25, -0.2) is 15.0 Å². The van der Waals surface area contributed by atoms with Crippen molar-refractivity contribution in [3.8, 4) is 89.8 Å². The van der Waals surface area contributed by atoms with E-state index in [9.17, 15) is 0 Å². The summed E-state index contributed by atoms with van der Waals surface area (Å²) in [6.45, 7) is 0. The highest BCUT2D eigenvalue weighted by Crippen LogP contribution is 2.41. The van der Waals surface area contributed by atoms with Gasteiger partial charge in [-0.3, -0.25) is 0 Å². The van der Waals surface area contributed by atoms with Crippen LogP contribution in [-0.2, 0) is 0 Å². The van der Waals surface area contributed by atoms with Gasteiger partial charge < -0.3 is 0 Å². The van der Waals surface area contributed by atoms with Crippen molar-refractivity contribution in [2.75, 3.05) is 0 Å². The lowest BCUT2D eigenvalue weighted by atomic mass is 9.88. The summed E-state index contributed by atoms with van der Waals surface area (Å²) in [6, 6.07) is 74.0. The van der Waals surface area contributed by atoms with Crippen molar-refractivity contribution in [1.82, 2.24) is 15.0 Å². The zero-order valence-corrected chi connectivity index (χ0v) is 29.5. The lowest BCUT2D eigenvalue weighted by Gasteiger charge is -2.17. The van der Waals surface area contributed by atoms with Crippen molar-refractivity contribution in [3.05, 3.63) is 212 Å². The van der Waals surface area contributed by atoms with Crippen LogP contribution in [-0.4, -0.2) is 15.0 Å². The molecule has 0 saturated carbocycles. The van der Waals surface area contributed by atoms with E-state index >= 15 is 0 Å². The first-order valence-electron chi connectivity index (χ1n) is 18.2. The highest BCUT2D eigenvalue weighted by Gasteiger charge is 2.20. The van der Waals surface area contributed by atoms with Crippen LogP contribution in [0.1, 0.15) is 0 Å². The number of hydrogen-bond acceptors (Lipinski definition) is 3. The van der Waals surface area contributed by atoms with Crippen LogP contribution in [0, 0.1) is 0 Å². The highest BCUT2D eigenvalue weighted by atomic mass is 15.0. The third-order valence-electron chi connectivity index (χ3n) is 9.83. The molecule has 1 heterocycles. The number of aromatic nitrogens is 3. The van der Waals surface area contributed by atoms with Gasteiger partial charge in [-0.2, -0.15) is 0 Å². The largest absolute Gasteiger partial charge is 0.208 e. The molecule has 54 heavy (non-hydrogen) atoms. The van der Waals surface area contributed by atoms with Crippen molar-refractivity contribution >= 4 is 0 Å². The summed E-state index contributed by atoms with van der Waals surface area (Å²) in [5.41, 5.74) is 14.1. The smallest absolute Gasteiger partial charge is 0.164 e. The van der Waals surface area contributed by atoms with Crippen molar-refractivity contribution in [2.24, 2.45) is 0 Å². The quantitative estimate of drug-likeness (QED) is 0.159. The summed E-state index contributed by atoms with van der Waals surface area (Å²) in [6.07, 6.45) is 0. The van der Waals surface area contributed by atoms with Crippen molar-refractivity contribution < 1.29 is 0 Å². The Morgan fingerprint density at radius 3 is 0.889 bits per heavy atom. The molecule has 9 rings (SSSR count). The molecule has 0 atom stereocenters. The summed E-state index contributed by atoms with van der Waals surface area (Å²) < 4.78 is 0. The van der Waals surface area contributed by atoms with Gasteiger partial charge in [-0.15, -0.1) is 0 Å². The van der Waals surface area contributed by atoms with Gasteiger partial charge in [0.05, 0.1) is 0 Å². The van der Waals surface area contributed by atoms with Crippen LogP contribution in [0.25, 0.3) is 89.8 Å². The molecular weight excluding hydrogens is 655 g/mol. The van der Waals surface area contributed by atoms with Crippen LogP contribution in [0.15, 0.2) is 212 Å². The minimum Gasteiger partial charge on any atom is -0.208 e. The first-order valence-corrected chi connectivity index (χ1v) is 18.2. The van der Waals surface area contributed by atoms with Gasteiger partial charge in [0.2, 0.25) is 0 Å². The van der Waals surface area contributed by atoms with Gasteiger partial charge in [0, 0.05) is 16.7 Å². The average Bonchev–Trinajstić information content (AvgIpc) is 3.27. The Morgan fingerprint density at radius 2 is 0.426 bits per heavy atom. The van der Waals surface area contributed by atoms with E-state index in [0.29, 0.717) is 17.5 Å². The maximum Gasteiger partial charge on any atom is 0.164 e. The van der Waals surface area contributed by atoms with E-state index in [4.69, 9.17) is 15.0 Å². The fourth-order valence-corrected chi connectivity index (χ4v) is 7.19. The lowest BCUT2D eigenvalue weighted by molar-refractivity contribution is 1.07. The molecule has 254 valence electrons. The molecule has 0 aliphatic rings. The van der Waals surface area contributed by atoms with E-state index in [1.807, 2.05) is 18.2 Å². The first kappa shape index (κ1) is 32.7. The van der Waals surface area contributed by atoms with Crippen molar-refractivity contribution in [3.63, 3.8) is 0 Å². The lowest BCUT2D eigenvalue weighted by Crippen LogP contribution is -2.02. The maximum atomic E-state index is 5.28. The Morgan fingerprint density at radius 1 is 0.167 bits per heavy atom. The highest BCUT2D eigenvalue weighted by molar-refractivity contribution is 5.95. The zero-order chi connectivity index (χ0) is 36.1. The van der Waals surface area contributed by atoms with E-state index < -0.39 is 0 Å². The second-order valence-corrected chi connectivity index (χ2v) is 13.2. The molecular formula is C51H35N3. The number of benzene rings is 8. The SMILES string of the molecule is c1ccc(-c2ccc(-c3nc(-c4ccccc4-c4ccccc4)nc(-c4ccccc4-c4ccccc4-c4ccccc4-c4ccccc4)n3)cc2)cc1. The van der Waals surface area contributed by atoms with Crippen LogP contribution >= 0.6 is 0 Å². The second kappa shape index (κ2) is 14.8. The zero-order valence-electron chi connectivity index (χ0n) is 29.5. The molecule has 0 amide bonds. The normalized spacial score (nSPS) is 11.0. The molecule has 3 nitrogen and oxygen atoms in total. The van der Waals surface area contributed by atoms with Gasteiger partial charge in [-0.05, 0) is 55.6 Å².